The molecule has 1 N–H and O–H groups in total. The molecule has 2 heterocycles. The third-order valence-corrected chi connectivity index (χ3v) is 6.01. The van der Waals surface area contributed by atoms with E-state index in [9.17, 15) is 4.79 Å². The van der Waals surface area contributed by atoms with Gasteiger partial charge in [0, 0.05) is 36.6 Å². The summed E-state index contributed by atoms with van der Waals surface area (Å²) in [5.74, 6) is 0.0670. The zero-order chi connectivity index (χ0) is 17.7. The maximum atomic E-state index is 13.2. The Kier molecular flexibility index (Phi) is 5.89. The first-order valence-electron chi connectivity index (χ1n) is 8.66. The predicted octanol–water partition coefficient (Wildman–Crippen LogP) is 3.61. The van der Waals surface area contributed by atoms with Gasteiger partial charge in [-0.05, 0) is 37.5 Å². The summed E-state index contributed by atoms with van der Waals surface area (Å²) in [7, 11) is 1.69. The normalized spacial score (nSPS) is 17.8. The number of carbonyl (C=O) groups excluding carboxylic acids is 1. The molecular formula is C20H25NO3S. The molecule has 1 fully saturated rings. The van der Waals surface area contributed by atoms with Gasteiger partial charge in [0.15, 0.2) is 0 Å². The Labute approximate surface area is 153 Å². The first-order chi connectivity index (χ1) is 12.2. The first kappa shape index (κ1) is 18.1. The number of aryl methyl sites for hydroxylation is 1. The largest absolute Gasteiger partial charge is 0.381 e. The summed E-state index contributed by atoms with van der Waals surface area (Å²) in [4.78, 5) is 15.5. The fourth-order valence-corrected chi connectivity index (χ4v) is 4.36. The van der Waals surface area contributed by atoms with Crippen LogP contribution in [0, 0.1) is 6.92 Å². The summed E-state index contributed by atoms with van der Waals surface area (Å²) in [5, 5.41) is 3.14. The molecule has 1 aliphatic rings. The highest BCUT2D eigenvalue weighted by molar-refractivity contribution is 7.12. The fourth-order valence-electron chi connectivity index (χ4n) is 3.41. The third kappa shape index (κ3) is 3.94. The van der Waals surface area contributed by atoms with Gasteiger partial charge in [0.05, 0.1) is 5.41 Å². The molecule has 0 saturated carbocycles. The lowest BCUT2D eigenvalue weighted by molar-refractivity contribution is -0.131. The van der Waals surface area contributed by atoms with Crippen molar-refractivity contribution in [3.8, 4) is 0 Å². The van der Waals surface area contributed by atoms with Gasteiger partial charge in [-0.1, -0.05) is 30.3 Å². The Hall–Kier alpha value is -1.69. The van der Waals surface area contributed by atoms with Crippen LogP contribution in [0.15, 0.2) is 42.5 Å². The number of carbonyl (C=O) groups is 1. The minimum Gasteiger partial charge on any atom is -0.381 e. The minimum absolute atomic E-state index is 0.0670. The van der Waals surface area contributed by atoms with Crippen molar-refractivity contribution in [1.82, 2.24) is 5.32 Å². The number of nitrogens with one attached hydrogen (secondary N) is 1. The molecule has 4 nitrogen and oxygen atoms in total. The quantitative estimate of drug-likeness (QED) is 0.857. The molecule has 1 saturated heterocycles. The van der Waals surface area contributed by atoms with Crippen LogP contribution in [0.25, 0.3) is 0 Å². The Balaban J connectivity index is 1.74. The highest BCUT2D eigenvalue weighted by Crippen LogP contribution is 2.35. The predicted molar refractivity (Wildman–Crippen MR) is 100.0 cm³/mol. The van der Waals surface area contributed by atoms with Gasteiger partial charge in [-0.25, -0.2) is 0 Å². The van der Waals surface area contributed by atoms with Crippen molar-refractivity contribution >= 4 is 17.2 Å². The van der Waals surface area contributed by atoms with E-state index in [-0.39, 0.29) is 12.0 Å². The van der Waals surface area contributed by atoms with Crippen LogP contribution in [-0.2, 0) is 19.7 Å². The second-order valence-electron chi connectivity index (χ2n) is 6.44. The van der Waals surface area contributed by atoms with Crippen molar-refractivity contribution in [3.63, 3.8) is 0 Å². The Bertz CT molecular complexity index is 692. The molecular weight excluding hydrogens is 334 g/mol. The average molecular weight is 359 g/mol. The summed E-state index contributed by atoms with van der Waals surface area (Å²) < 4.78 is 11.1. The van der Waals surface area contributed by atoms with E-state index in [1.807, 2.05) is 30.3 Å². The number of amides is 1. The summed E-state index contributed by atoms with van der Waals surface area (Å²) >= 11 is 1.71. The van der Waals surface area contributed by atoms with E-state index < -0.39 is 5.41 Å². The van der Waals surface area contributed by atoms with Gasteiger partial charge in [-0.3, -0.25) is 4.79 Å². The molecule has 0 bridgehead atoms. The average Bonchev–Trinajstić information content (AvgIpc) is 3.09. The number of thiophene rings is 1. The number of hydrogen-bond acceptors (Lipinski definition) is 4. The van der Waals surface area contributed by atoms with Gasteiger partial charge < -0.3 is 14.8 Å². The summed E-state index contributed by atoms with van der Waals surface area (Å²) in [6, 6.07) is 14.2. The molecule has 134 valence electrons. The maximum Gasteiger partial charge on any atom is 0.230 e. The zero-order valence-corrected chi connectivity index (χ0v) is 15.6. The van der Waals surface area contributed by atoms with E-state index in [4.69, 9.17) is 9.47 Å². The molecule has 25 heavy (non-hydrogen) atoms. The van der Waals surface area contributed by atoms with Gasteiger partial charge >= 0.3 is 0 Å². The lowest BCUT2D eigenvalue weighted by atomic mass is 9.73. The van der Waals surface area contributed by atoms with Gasteiger partial charge in [0.25, 0.3) is 0 Å². The van der Waals surface area contributed by atoms with Crippen LogP contribution in [0.1, 0.15) is 34.3 Å². The van der Waals surface area contributed by atoms with Crippen LogP contribution in [-0.4, -0.2) is 32.8 Å². The molecule has 1 amide bonds. The number of methoxy groups -OCH3 is 1. The lowest BCUT2D eigenvalue weighted by Gasteiger charge is -2.36. The highest BCUT2D eigenvalue weighted by atomic mass is 32.1. The van der Waals surface area contributed by atoms with Crippen molar-refractivity contribution in [3.05, 3.63) is 57.8 Å². The van der Waals surface area contributed by atoms with Crippen molar-refractivity contribution in [1.29, 1.82) is 0 Å². The number of ether oxygens (including phenoxy) is 2. The van der Waals surface area contributed by atoms with E-state index in [1.54, 1.807) is 18.4 Å². The Morgan fingerprint density at radius 2 is 1.96 bits per heavy atom. The van der Waals surface area contributed by atoms with Crippen LogP contribution in [0.5, 0.6) is 0 Å². The van der Waals surface area contributed by atoms with E-state index in [0.717, 1.165) is 10.4 Å². The van der Waals surface area contributed by atoms with Crippen molar-refractivity contribution in [2.45, 2.75) is 31.3 Å². The molecule has 1 aliphatic heterocycles. The molecule has 3 rings (SSSR count). The van der Waals surface area contributed by atoms with Gasteiger partial charge in [-0.2, -0.15) is 0 Å². The van der Waals surface area contributed by atoms with Crippen molar-refractivity contribution < 1.29 is 14.3 Å². The van der Waals surface area contributed by atoms with Gasteiger partial charge in [-0.15, -0.1) is 11.3 Å². The van der Waals surface area contributed by atoms with E-state index in [1.165, 1.54) is 4.88 Å². The molecule has 0 unspecified atom stereocenters. The molecule has 0 aliphatic carbocycles. The van der Waals surface area contributed by atoms with Crippen molar-refractivity contribution in [2.75, 3.05) is 26.9 Å². The second kappa shape index (κ2) is 8.13. The third-order valence-electron chi connectivity index (χ3n) is 4.92. The van der Waals surface area contributed by atoms with Crippen LogP contribution in [0.4, 0.5) is 0 Å². The number of hydrogen-bond donors (Lipinski definition) is 1. The first-order valence-corrected chi connectivity index (χ1v) is 9.48. The molecule has 0 spiro atoms. The number of rotatable bonds is 6. The molecule has 5 heteroatoms. The standard InChI is InChI=1S/C20H25NO3S/c1-15-8-9-18(25-15)17(23-2)14-21-19(22)20(10-12-24-13-11-20)16-6-4-3-5-7-16/h3-9,17H,10-14H2,1-2H3,(H,21,22)/t17-/m0/s1. The summed E-state index contributed by atoms with van der Waals surface area (Å²) in [5.41, 5.74) is 0.556. The van der Waals surface area contributed by atoms with E-state index in [0.29, 0.717) is 32.6 Å². The summed E-state index contributed by atoms with van der Waals surface area (Å²) in [6.45, 7) is 3.77. The van der Waals surface area contributed by atoms with Crippen LogP contribution >= 0.6 is 11.3 Å². The highest BCUT2D eigenvalue weighted by Gasteiger charge is 2.41. The monoisotopic (exact) mass is 359 g/mol. The molecule has 1 aromatic heterocycles. The SMILES string of the molecule is CO[C@@H](CNC(=O)C1(c2ccccc2)CCOCC1)c1ccc(C)s1. The smallest absolute Gasteiger partial charge is 0.230 e. The van der Waals surface area contributed by atoms with Gasteiger partial charge in [0.1, 0.15) is 6.10 Å². The van der Waals surface area contributed by atoms with E-state index >= 15 is 0 Å². The van der Waals surface area contributed by atoms with Crippen LogP contribution in [0.2, 0.25) is 0 Å². The lowest BCUT2D eigenvalue weighted by Crippen LogP contribution is -2.49. The van der Waals surface area contributed by atoms with Gasteiger partial charge in [0.2, 0.25) is 5.91 Å². The van der Waals surface area contributed by atoms with Crippen LogP contribution < -0.4 is 5.32 Å². The molecule has 0 radical (unpaired) electrons. The molecule has 1 aromatic carbocycles. The van der Waals surface area contributed by atoms with E-state index in [2.05, 4.69) is 24.4 Å². The molecule has 2 aromatic rings. The summed E-state index contributed by atoms with van der Waals surface area (Å²) in [6.07, 6.45) is 1.30. The Morgan fingerprint density at radius 1 is 1.24 bits per heavy atom. The van der Waals surface area contributed by atoms with Crippen LogP contribution in [0.3, 0.4) is 0 Å². The minimum atomic E-state index is -0.511. The molecule has 1 atom stereocenters. The maximum absolute atomic E-state index is 13.2. The van der Waals surface area contributed by atoms with Crippen molar-refractivity contribution in [2.24, 2.45) is 0 Å². The number of benzene rings is 1. The Morgan fingerprint density at radius 3 is 2.56 bits per heavy atom. The second-order valence-corrected chi connectivity index (χ2v) is 7.76. The topological polar surface area (TPSA) is 47.6 Å². The fraction of sp³-hybridized carbons (Fsp3) is 0.450. The zero-order valence-electron chi connectivity index (χ0n) is 14.8.